The van der Waals surface area contributed by atoms with Crippen molar-refractivity contribution in [3.05, 3.63) is 41.9 Å². The smallest absolute Gasteiger partial charge is 0.0406 e. The van der Waals surface area contributed by atoms with Crippen LogP contribution in [0.2, 0.25) is 5.02 Å². The number of halogens is 1. The highest BCUT2D eigenvalue weighted by atomic mass is 35.5. The van der Waals surface area contributed by atoms with Gasteiger partial charge in [0.15, 0.2) is 0 Å². The first kappa shape index (κ1) is 15.6. The van der Waals surface area contributed by atoms with Gasteiger partial charge in [-0.15, -0.1) is 18.3 Å². The molecule has 0 saturated heterocycles. The Labute approximate surface area is 120 Å². The zero-order chi connectivity index (χ0) is 13.2. The summed E-state index contributed by atoms with van der Waals surface area (Å²) in [6.45, 7) is 6.96. The quantitative estimate of drug-likeness (QED) is 0.398. The largest absolute Gasteiger partial charge is 0.313 e. The average molecular weight is 284 g/mol. The topological polar surface area (TPSA) is 12.0 Å². The highest BCUT2D eigenvalue weighted by Crippen LogP contribution is 2.22. The standard InChI is InChI=1S/C15H22ClNS/c1-3-5-6-7-14(17-4-2)12-18-15-10-8-13(16)9-11-15/h3,8-11,14,17H,1,4-7,12H2,2H3. The van der Waals surface area contributed by atoms with Gasteiger partial charge >= 0.3 is 0 Å². The van der Waals surface area contributed by atoms with E-state index in [9.17, 15) is 0 Å². The molecule has 3 heteroatoms. The lowest BCUT2D eigenvalue weighted by atomic mass is 10.1. The molecule has 1 aromatic rings. The van der Waals surface area contributed by atoms with Crippen LogP contribution in [0.25, 0.3) is 0 Å². The highest BCUT2D eigenvalue weighted by molar-refractivity contribution is 7.99. The van der Waals surface area contributed by atoms with Gasteiger partial charge < -0.3 is 5.32 Å². The number of hydrogen-bond donors (Lipinski definition) is 1. The molecule has 1 atom stereocenters. The van der Waals surface area contributed by atoms with Crippen LogP contribution in [0, 0.1) is 0 Å². The van der Waals surface area contributed by atoms with Crippen molar-refractivity contribution in [1.29, 1.82) is 0 Å². The van der Waals surface area contributed by atoms with E-state index in [1.54, 1.807) is 0 Å². The zero-order valence-electron chi connectivity index (χ0n) is 11.0. The van der Waals surface area contributed by atoms with Gasteiger partial charge in [-0.3, -0.25) is 0 Å². The normalized spacial score (nSPS) is 12.3. The lowest BCUT2D eigenvalue weighted by Gasteiger charge is -2.17. The summed E-state index contributed by atoms with van der Waals surface area (Å²) in [6.07, 6.45) is 5.52. The summed E-state index contributed by atoms with van der Waals surface area (Å²) in [5.74, 6) is 1.10. The molecule has 1 rings (SSSR count). The summed E-state index contributed by atoms with van der Waals surface area (Å²) >= 11 is 7.77. The van der Waals surface area contributed by atoms with Crippen LogP contribution in [0.4, 0.5) is 0 Å². The molecule has 100 valence electrons. The van der Waals surface area contributed by atoms with Crippen LogP contribution in [0.5, 0.6) is 0 Å². The van der Waals surface area contributed by atoms with Gasteiger partial charge in [0.2, 0.25) is 0 Å². The molecule has 0 heterocycles. The maximum atomic E-state index is 5.88. The van der Waals surface area contributed by atoms with E-state index in [0.717, 1.165) is 23.7 Å². The van der Waals surface area contributed by atoms with Gasteiger partial charge in [-0.05, 0) is 50.1 Å². The lowest BCUT2D eigenvalue weighted by molar-refractivity contribution is 0.521. The minimum Gasteiger partial charge on any atom is -0.313 e. The minimum absolute atomic E-state index is 0.579. The molecule has 1 unspecified atom stereocenters. The Morgan fingerprint density at radius 2 is 2.11 bits per heavy atom. The Morgan fingerprint density at radius 3 is 2.72 bits per heavy atom. The summed E-state index contributed by atoms with van der Waals surface area (Å²) in [4.78, 5) is 1.28. The Hall–Kier alpha value is -0.440. The third-order valence-corrected chi connectivity index (χ3v) is 4.14. The molecule has 0 saturated carbocycles. The number of unbranched alkanes of at least 4 members (excludes halogenated alkanes) is 1. The zero-order valence-corrected chi connectivity index (χ0v) is 12.6. The van der Waals surface area contributed by atoms with Crippen LogP contribution in [0.3, 0.4) is 0 Å². The van der Waals surface area contributed by atoms with Crippen molar-refractivity contribution in [2.75, 3.05) is 12.3 Å². The fourth-order valence-electron chi connectivity index (χ4n) is 1.77. The molecule has 0 aromatic heterocycles. The van der Waals surface area contributed by atoms with Crippen LogP contribution in [0.1, 0.15) is 26.2 Å². The number of rotatable bonds is 9. The van der Waals surface area contributed by atoms with Gasteiger partial charge in [0.05, 0.1) is 0 Å². The molecule has 1 aromatic carbocycles. The number of nitrogens with one attached hydrogen (secondary N) is 1. The van der Waals surface area contributed by atoms with E-state index in [0.29, 0.717) is 6.04 Å². The van der Waals surface area contributed by atoms with Crippen molar-refractivity contribution in [3.63, 3.8) is 0 Å². The first-order chi connectivity index (χ1) is 8.76. The van der Waals surface area contributed by atoms with Crippen molar-refractivity contribution < 1.29 is 0 Å². The molecule has 0 amide bonds. The molecule has 1 nitrogen and oxygen atoms in total. The number of thioether (sulfide) groups is 1. The molecule has 0 fully saturated rings. The SMILES string of the molecule is C=CCCCC(CSc1ccc(Cl)cc1)NCC. The monoisotopic (exact) mass is 283 g/mol. The molecular weight excluding hydrogens is 262 g/mol. The predicted octanol–water partition coefficient (Wildman–Crippen LogP) is 4.77. The summed E-state index contributed by atoms with van der Waals surface area (Å²) in [5, 5.41) is 4.34. The third-order valence-electron chi connectivity index (χ3n) is 2.72. The van der Waals surface area contributed by atoms with E-state index in [2.05, 4.69) is 31.0 Å². The fraction of sp³-hybridized carbons (Fsp3) is 0.467. The maximum absolute atomic E-state index is 5.88. The van der Waals surface area contributed by atoms with Gasteiger partial charge in [-0.25, -0.2) is 0 Å². The molecule has 0 aliphatic carbocycles. The first-order valence-electron chi connectivity index (χ1n) is 6.49. The van der Waals surface area contributed by atoms with Gasteiger partial charge in [-0.2, -0.15) is 0 Å². The molecule has 0 aliphatic rings. The highest BCUT2D eigenvalue weighted by Gasteiger charge is 2.07. The first-order valence-corrected chi connectivity index (χ1v) is 7.85. The number of benzene rings is 1. The molecule has 0 radical (unpaired) electrons. The lowest BCUT2D eigenvalue weighted by Crippen LogP contribution is -2.31. The number of allylic oxidation sites excluding steroid dienone is 1. The summed E-state index contributed by atoms with van der Waals surface area (Å²) < 4.78 is 0. The van der Waals surface area contributed by atoms with Crippen LogP contribution in [-0.4, -0.2) is 18.3 Å². The summed E-state index contributed by atoms with van der Waals surface area (Å²) in [5.41, 5.74) is 0. The van der Waals surface area contributed by atoms with E-state index in [-0.39, 0.29) is 0 Å². The third kappa shape index (κ3) is 6.48. The Morgan fingerprint density at radius 1 is 1.39 bits per heavy atom. The van der Waals surface area contributed by atoms with Crippen LogP contribution >= 0.6 is 23.4 Å². The van der Waals surface area contributed by atoms with Crippen molar-refractivity contribution >= 4 is 23.4 Å². The molecule has 0 bridgehead atoms. The van der Waals surface area contributed by atoms with Crippen LogP contribution in [-0.2, 0) is 0 Å². The van der Waals surface area contributed by atoms with E-state index >= 15 is 0 Å². The summed E-state index contributed by atoms with van der Waals surface area (Å²) in [7, 11) is 0. The number of hydrogen-bond acceptors (Lipinski definition) is 2. The van der Waals surface area contributed by atoms with E-state index in [1.165, 1.54) is 17.7 Å². The van der Waals surface area contributed by atoms with Crippen molar-refractivity contribution in [3.8, 4) is 0 Å². The van der Waals surface area contributed by atoms with Crippen LogP contribution < -0.4 is 5.32 Å². The average Bonchev–Trinajstić information content (AvgIpc) is 2.38. The minimum atomic E-state index is 0.579. The van der Waals surface area contributed by atoms with Gasteiger partial charge in [0.25, 0.3) is 0 Å². The van der Waals surface area contributed by atoms with Crippen molar-refractivity contribution in [2.24, 2.45) is 0 Å². The molecule has 18 heavy (non-hydrogen) atoms. The molecule has 0 aliphatic heterocycles. The van der Waals surface area contributed by atoms with Crippen molar-refractivity contribution in [1.82, 2.24) is 5.32 Å². The van der Waals surface area contributed by atoms with Gasteiger partial charge in [0, 0.05) is 21.7 Å². The van der Waals surface area contributed by atoms with E-state index in [1.807, 2.05) is 30.0 Å². The fourth-order valence-corrected chi connectivity index (χ4v) is 2.90. The second-order valence-corrected chi connectivity index (χ2v) is 5.77. The Kier molecular flexibility index (Phi) is 8.23. The molecule has 1 N–H and O–H groups in total. The van der Waals surface area contributed by atoms with Gasteiger partial charge in [-0.1, -0.05) is 24.6 Å². The second kappa shape index (κ2) is 9.48. The van der Waals surface area contributed by atoms with Crippen molar-refractivity contribution in [2.45, 2.75) is 37.1 Å². The van der Waals surface area contributed by atoms with Crippen LogP contribution in [0.15, 0.2) is 41.8 Å². The van der Waals surface area contributed by atoms with E-state index < -0.39 is 0 Å². The Balaban J connectivity index is 2.35. The maximum Gasteiger partial charge on any atom is 0.0406 e. The molecule has 0 spiro atoms. The predicted molar refractivity (Wildman–Crippen MR) is 83.7 cm³/mol. The van der Waals surface area contributed by atoms with E-state index in [4.69, 9.17) is 11.6 Å². The van der Waals surface area contributed by atoms with Gasteiger partial charge in [0.1, 0.15) is 0 Å². The summed E-state index contributed by atoms with van der Waals surface area (Å²) in [6, 6.07) is 8.64. The second-order valence-electron chi connectivity index (χ2n) is 4.24. The Bertz CT molecular complexity index is 337. The molecular formula is C15H22ClNS.